The summed E-state index contributed by atoms with van der Waals surface area (Å²) in [5, 5.41) is 9.64. The molecule has 0 aromatic carbocycles. The molecule has 0 N–H and O–H groups in total. The second kappa shape index (κ2) is 4.12. The van der Waals surface area contributed by atoms with E-state index < -0.39 is 5.97 Å². The smallest absolute Gasteiger partial charge is 0.242 e. The van der Waals surface area contributed by atoms with Crippen molar-refractivity contribution < 1.29 is 9.90 Å². The predicted octanol–water partition coefficient (Wildman–Crippen LogP) is 1.08. The first-order valence-electron chi connectivity index (χ1n) is 2.26. The van der Waals surface area contributed by atoms with E-state index in [1.807, 2.05) is 0 Å². The molecule has 0 saturated carbocycles. The van der Waals surface area contributed by atoms with Crippen molar-refractivity contribution in [3.63, 3.8) is 0 Å². The van der Waals surface area contributed by atoms with E-state index in [4.69, 9.17) is 0 Å². The molecular formula is C6H7O2. The second-order valence-corrected chi connectivity index (χ2v) is 1.25. The van der Waals surface area contributed by atoms with Crippen molar-refractivity contribution in [3.8, 4) is 0 Å². The molecule has 0 amide bonds. The summed E-state index contributed by atoms with van der Waals surface area (Å²) in [6, 6.07) is 0. The van der Waals surface area contributed by atoms with E-state index >= 15 is 0 Å². The van der Waals surface area contributed by atoms with Gasteiger partial charge < -0.3 is 0 Å². The SMILES string of the molecule is C=CCC=CC([O])=O. The molecule has 0 aliphatic rings. The topological polar surface area (TPSA) is 37.0 Å². The lowest BCUT2D eigenvalue weighted by molar-refractivity contribution is -0.137. The van der Waals surface area contributed by atoms with Gasteiger partial charge in [-0.2, -0.15) is 0 Å². The van der Waals surface area contributed by atoms with E-state index in [1.165, 1.54) is 6.08 Å². The predicted molar refractivity (Wildman–Crippen MR) is 29.6 cm³/mol. The highest BCUT2D eigenvalue weighted by Gasteiger charge is 1.84. The first-order chi connectivity index (χ1) is 3.77. The van der Waals surface area contributed by atoms with Crippen molar-refractivity contribution in [1.82, 2.24) is 0 Å². The van der Waals surface area contributed by atoms with Gasteiger partial charge in [-0.15, -0.1) is 6.58 Å². The van der Waals surface area contributed by atoms with Crippen LogP contribution in [0, 0.1) is 0 Å². The molecule has 0 aliphatic heterocycles. The Morgan fingerprint density at radius 3 is 2.62 bits per heavy atom. The van der Waals surface area contributed by atoms with Gasteiger partial charge in [0, 0.05) is 6.08 Å². The lowest BCUT2D eigenvalue weighted by Crippen LogP contribution is -1.81. The third-order valence-electron chi connectivity index (χ3n) is 0.557. The fraction of sp³-hybridized carbons (Fsp3) is 0.167. The Labute approximate surface area is 48.1 Å². The van der Waals surface area contributed by atoms with E-state index in [0.29, 0.717) is 6.42 Å². The lowest BCUT2D eigenvalue weighted by atomic mass is 10.4. The van der Waals surface area contributed by atoms with E-state index in [1.54, 1.807) is 6.08 Å². The summed E-state index contributed by atoms with van der Waals surface area (Å²) in [7, 11) is 0. The number of carbonyl (C=O) groups excluding carboxylic acids is 1. The van der Waals surface area contributed by atoms with Crippen molar-refractivity contribution in [2.24, 2.45) is 0 Å². The van der Waals surface area contributed by atoms with Crippen LogP contribution in [-0.2, 0) is 9.90 Å². The van der Waals surface area contributed by atoms with Crippen molar-refractivity contribution in [2.75, 3.05) is 0 Å². The summed E-state index contributed by atoms with van der Waals surface area (Å²) in [5.74, 6) is -1.16. The molecule has 0 aromatic heterocycles. The number of carbonyl (C=O) groups is 1. The molecule has 0 aromatic rings. The van der Waals surface area contributed by atoms with Crippen LogP contribution in [0.3, 0.4) is 0 Å². The monoisotopic (exact) mass is 111 g/mol. The van der Waals surface area contributed by atoms with Gasteiger partial charge in [0.25, 0.3) is 0 Å². The van der Waals surface area contributed by atoms with Crippen LogP contribution in [0.2, 0.25) is 0 Å². The summed E-state index contributed by atoms with van der Waals surface area (Å²) in [6.07, 6.45) is 4.65. The van der Waals surface area contributed by atoms with Crippen LogP contribution in [0.4, 0.5) is 0 Å². The van der Waals surface area contributed by atoms with Gasteiger partial charge in [-0.3, -0.25) is 0 Å². The highest BCUT2D eigenvalue weighted by molar-refractivity contribution is 5.79. The molecule has 0 saturated heterocycles. The van der Waals surface area contributed by atoms with Crippen LogP contribution in [0.25, 0.3) is 0 Å². The molecule has 0 atom stereocenters. The van der Waals surface area contributed by atoms with E-state index in [-0.39, 0.29) is 0 Å². The molecule has 0 spiro atoms. The third-order valence-corrected chi connectivity index (χ3v) is 0.557. The minimum atomic E-state index is -1.16. The first kappa shape index (κ1) is 6.95. The molecular weight excluding hydrogens is 104 g/mol. The normalized spacial score (nSPS) is 9.50. The molecule has 0 aliphatic carbocycles. The van der Waals surface area contributed by atoms with E-state index in [0.717, 1.165) is 6.08 Å². The number of allylic oxidation sites excluding steroid dienone is 2. The zero-order chi connectivity index (χ0) is 6.41. The van der Waals surface area contributed by atoms with E-state index in [9.17, 15) is 9.90 Å². The highest BCUT2D eigenvalue weighted by atomic mass is 16.4. The Balaban J connectivity index is 3.34. The van der Waals surface area contributed by atoms with Crippen molar-refractivity contribution in [3.05, 3.63) is 24.8 Å². The Kier molecular flexibility index (Phi) is 3.58. The maximum absolute atomic E-state index is 9.64. The van der Waals surface area contributed by atoms with Crippen LogP contribution in [0.5, 0.6) is 0 Å². The van der Waals surface area contributed by atoms with Crippen LogP contribution in [-0.4, -0.2) is 5.97 Å². The molecule has 0 bridgehead atoms. The van der Waals surface area contributed by atoms with Gasteiger partial charge in [0.1, 0.15) is 0 Å². The van der Waals surface area contributed by atoms with Gasteiger partial charge >= 0.3 is 5.97 Å². The molecule has 8 heavy (non-hydrogen) atoms. The average molecular weight is 111 g/mol. The van der Waals surface area contributed by atoms with Gasteiger partial charge in [0.05, 0.1) is 0 Å². The Bertz CT molecular complexity index is 114. The number of hydrogen-bond acceptors (Lipinski definition) is 1. The highest BCUT2D eigenvalue weighted by Crippen LogP contribution is 1.81. The summed E-state index contributed by atoms with van der Waals surface area (Å²) in [5.41, 5.74) is 0. The molecule has 0 unspecified atom stereocenters. The van der Waals surface area contributed by atoms with E-state index in [2.05, 4.69) is 6.58 Å². The quantitative estimate of drug-likeness (QED) is 0.396. The summed E-state index contributed by atoms with van der Waals surface area (Å²) in [4.78, 5) is 9.64. The summed E-state index contributed by atoms with van der Waals surface area (Å²) < 4.78 is 0. The van der Waals surface area contributed by atoms with Crippen molar-refractivity contribution in [1.29, 1.82) is 0 Å². The maximum atomic E-state index is 9.64. The Hall–Kier alpha value is -1.05. The van der Waals surface area contributed by atoms with Gasteiger partial charge in [-0.1, -0.05) is 12.2 Å². The Morgan fingerprint density at radius 1 is 1.62 bits per heavy atom. The fourth-order valence-electron chi connectivity index (χ4n) is 0.260. The zero-order valence-electron chi connectivity index (χ0n) is 4.46. The van der Waals surface area contributed by atoms with Crippen LogP contribution in [0.15, 0.2) is 24.8 Å². The molecule has 0 rings (SSSR count). The van der Waals surface area contributed by atoms with Gasteiger partial charge in [0.2, 0.25) is 0 Å². The molecule has 2 nitrogen and oxygen atoms in total. The number of hydrogen-bond donors (Lipinski definition) is 0. The van der Waals surface area contributed by atoms with Crippen LogP contribution >= 0.6 is 0 Å². The summed E-state index contributed by atoms with van der Waals surface area (Å²) in [6.45, 7) is 3.39. The zero-order valence-corrected chi connectivity index (χ0v) is 4.46. The van der Waals surface area contributed by atoms with Crippen molar-refractivity contribution in [2.45, 2.75) is 6.42 Å². The van der Waals surface area contributed by atoms with Crippen molar-refractivity contribution >= 4 is 5.97 Å². The minimum Gasteiger partial charge on any atom is -0.242 e. The molecule has 43 valence electrons. The molecule has 0 heterocycles. The fourth-order valence-corrected chi connectivity index (χ4v) is 0.260. The molecule has 0 fully saturated rings. The van der Waals surface area contributed by atoms with Crippen LogP contribution in [0.1, 0.15) is 6.42 Å². The molecule has 1 radical (unpaired) electrons. The Morgan fingerprint density at radius 2 is 2.25 bits per heavy atom. The third kappa shape index (κ3) is 4.95. The average Bonchev–Trinajstić information content (AvgIpc) is 1.66. The first-order valence-corrected chi connectivity index (χ1v) is 2.26. The van der Waals surface area contributed by atoms with Gasteiger partial charge in [-0.05, 0) is 6.42 Å². The summed E-state index contributed by atoms with van der Waals surface area (Å²) >= 11 is 0. The standard InChI is InChI=1S/C6H7O2/c1-2-3-4-5-6(7)8/h2,4-5H,1,3H2. The largest absolute Gasteiger partial charge is 0.378 e. The second-order valence-electron chi connectivity index (χ2n) is 1.25. The minimum absolute atomic E-state index is 0.577. The van der Waals surface area contributed by atoms with Gasteiger partial charge in [-0.25, -0.2) is 9.90 Å². The number of rotatable bonds is 3. The van der Waals surface area contributed by atoms with Gasteiger partial charge in [0.15, 0.2) is 0 Å². The molecule has 2 heteroatoms. The lowest BCUT2D eigenvalue weighted by Gasteiger charge is -1.72. The van der Waals surface area contributed by atoms with Crippen LogP contribution < -0.4 is 0 Å². The maximum Gasteiger partial charge on any atom is 0.378 e.